The molecular weight excluding hydrogens is 642 g/mol. The van der Waals surface area contributed by atoms with E-state index in [1.807, 2.05) is 0 Å². The van der Waals surface area contributed by atoms with Gasteiger partial charge in [0.25, 0.3) is 0 Å². The minimum atomic E-state index is -5.07. The molecule has 0 radical (unpaired) electrons. The zero-order chi connectivity index (χ0) is 35.6. The molecule has 1 aliphatic rings. The Balaban J connectivity index is 2.65. The van der Waals surface area contributed by atoms with Crippen LogP contribution in [0.15, 0.2) is 12.2 Å². The second-order valence-corrected chi connectivity index (χ2v) is 14.2. The van der Waals surface area contributed by atoms with Crippen molar-refractivity contribution in [1.29, 1.82) is 0 Å². The lowest BCUT2D eigenvalue weighted by Gasteiger charge is -2.41. The Hall–Kier alpha value is -1.16. The molecule has 284 valence electrons. The number of allylic oxidation sites excluding steroid dienone is 2. The molecular formula is C35H67NO11S. The van der Waals surface area contributed by atoms with Crippen LogP contribution in [0.25, 0.3) is 0 Å². The number of aliphatic hydroxyl groups excluding tert-OH is 4. The van der Waals surface area contributed by atoms with Gasteiger partial charge in [0.05, 0.1) is 25.4 Å². The molecule has 1 heterocycles. The highest BCUT2D eigenvalue weighted by molar-refractivity contribution is 7.80. The first-order chi connectivity index (χ1) is 23.0. The molecule has 1 saturated heterocycles. The Morgan fingerprint density at radius 3 is 1.88 bits per heavy atom. The van der Waals surface area contributed by atoms with E-state index in [1.165, 1.54) is 70.6 Å². The minimum Gasteiger partial charge on any atom is -0.394 e. The third-order valence-electron chi connectivity index (χ3n) is 8.82. The van der Waals surface area contributed by atoms with E-state index in [0.29, 0.717) is 12.8 Å². The number of unbranched alkanes of at least 4 members (excludes halogenated alkanes) is 16. The normalized spacial score (nSPS) is 23.0. The van der Waals surface area contributed by atoms with E-state index in [-0.39, 0.29) is 18.9 Å². The fraction of sp³-hybridized carbons (Fsp3) is 0.914. The predicted octanol–water partition coefficient (Wildman–Crippen LogP) is 5.26. The summed E-state index contributed by atoms with van der Waals surface area (Å²) in [5, 5.41) is 44.4. The molecule has 13 heteroatoms. The van der Waals surface area contributed by atoms with Gasteiger partial charge in [0.2, 0.25) is 5.91 Å². The van der Waals surface area contributed by atoms with Crippen molar-refractivity contribution >= 4 is 16.3 Å². The summed E-state index contributed by atoms with van der Waals surface area (Å²) in [6.07, 6.45) is 16.8. The SMILES string of the molecule is CCCCCC/C=C\CCCC(=O)NC(COC1OC(CO)C(O)C(OS(=O)(=O)O)C1O)C(O)CCCCCCCCCCCCCC. The number of hydrogen-bond acceptors (Lipinski definition) is 10. The van der Waals surface area contributed by atoms with Crippen molar-refractivity contribution in [3.63, 3.8) is 0 Å². The molecule has 1 aliphatic heterocycles. The van der Waals surface area contributed by atoms with Crippen LogP contribution in [0, 0.1) is 0 Å². The molecule has 0 aromatic carbocycles. The van der Waals surface area contributed by atoms with Crippen LogP contribution in [0.2, 0.25) is 0 Å². The van der Waals surface area contributed by atoms with Gasteiger partial charge >= 0.3 is 10.4 Å². The van der Waals surface area contributed by atoms with Crippen molar-refractivity contribution in [2.75, 3.05) is 13.2 Å². The van der Waals surface area contributed by atoms with E-state index in [0.717, 1.165) is 44.9 Å². The second kappa shape index (κ2) is 27.5. The monoisotopic (exact) mass is 709 g/mol. The highest BCUT2D eigenvalue weighted by Crippen LogP contribution is 2.26. The van der Waals surface area contributed by atoms with Crippen molar-refractivity contribution in [2.24, 2.45) is 0 Å². The maximum atomic E-state index is 12.8. The van der Waals surface area contributed by atoms with Crippen molar-refractivity contribution < 1.29 is 51.8 Å². The molecule has 1 fully saturated rings. The van der Waals surface area contributed by atoms with Crippen LogP contribution in [-0.2, 0) is 28.9 Å². The summed E-state index contributed by atoms with van der Waals surface area (Å²) in [5.41, 5.74) is 0. The zero-order valence-electron chi connectivity index (χ0n) is 29.6. The van der Waals surface area contributed by atoms with Gasteiger partial charge in [0.1, 0.15) is 24.4 Å². The lowest BCUT2D eigenvalue weighted by Crippen LogP contribution is -2.61. The Bertz CT molecular complexity index is 935. The highest BCUT2D eigenvalue weighted by atomic mass is 32.3. The number of ether oxygens (including phenoxy) is 2. The molecule has 0 aliphatic carbocycles. The molecule has 0 aromatic rings. The van der Waals surface area contributed by atoms with Crippen LogP contribution in [0.4, 0.5) is 0 Å². The van der Waals surface area contributed by atoms with Crippen molar-refractivity contribution in [1.82, 2.24) is 5.32 Å². The van der Waals surface area contributed by atoms with Crippen LogP contribution in [-0.4, -0.2) is 95.4 Å². The lowest BCUT2D eigenvalue weighted by molar-refractivity contribution is -0.298. The number of carbonyl (C=O) groups excluding carboxylic acids is 1. The van der Waals surface area contributed by atoms with Gasteiger partial charge in [-0.2, -0.15) is 8.42 Å². The summed E-state index contributed by atoms with van der Waals surface area (Å²) < 4.78 is 47.3. The predicted molar refractivity (Wildman–Crippen MR) is 186 cm³/mol. The van der Waals surface area contributed by atoms with E-state index in [9.17, 15) is 33.6 Å². The van der Waals surface area contributed by atoms with Crippen molar-refractivity contribution in [2.45, 2.75) is 192 Å². The summed E-state index contributed by atoms with van der Waals surface area (Å²) >= 11 is 0. The van der Waals surface area contributed by atoms with Crippen LogP contribution in [0.5, 0.6) is 0 Å². The van der Waals surface area contributed by atoms with Crippen molar-refractivity contribution in [3.8, 4) is 0 Å². The molecule has 6 N–H and O–H groups in total. The van der Waals surface area contributed by atoms with Gasteiger partial charge in [-0.15, -0.1) is 0 Å². The molecule has 0 saturated carbocycles. The van der Waals surface area contributed by atoms with Gasteiger partial charge in [-0.1, -0.05) is 122 Å². The number of rotatable bonds is 30. The maximum Gasteiger partial charge on any atom is 0.397 e. The summed E-state index contributed by atoms with van der Waals surface area (Å²) in [4.78, 5) is 12.8. The van der Waals surface area contributed by atoms with Crippen LogP contribution < -0.4 is 5.32 Å². The summed E-state index contributed by atoms with van der Waals surface area (Å²) in [6.45, 7) is 3.34. The summed E-state index contributed by atoms with van der Waals surface area (Å²) in [6, 6.07) is -0.865. The summed E-state index contributed by atoms with van der Waals surface area (Å²) in [5.74, 6) is -0.268. The van der Waals surface area contributed by atoms with E-state index >= 15 is 0 Å². The van der Waals surface area contributed by atoms with Gasteiger partial charge in [-0.25, -0.2) is 4.18 Å². The topological polar surface area (TPSA) is 192 Å². The number of nitrogens with one attached hydrogen (secondary N) is 1. The molecule has 12 nitrogen and oxygen atoms in total. The zero-order valence-corrected chi connectivity index (χ0v) is 30.4. The first kappa shape index (κ1) is 44.9. The fourth-order valence-electron chi connectivity index (χ4n) is 5.87. The third-order valence-corrected chi connectivity index (χ3v) is 9.29. The molecule has 1 rings (SSSR count). The first-order valence-electron chi connectivity index (χ1n) is 18.6. The number of hydrogen-bond donors (Lipinski definition) is 6. The second-order valence-electron chi connectivity index (χ2n) is 13.2. The Morgan fingerprint density at radius 2 is 1.33 bits per heavy atom. The minimum absolute atomic E-state index is 0.244. The summed E-state index contributed by atoms with van der Waals surface area (Å²) in [7, 11) is -5.07. The average molecular weight is 710 g/mol. The average Bonchev–Trinajstić information content (AvgIpc) is 3.04. The first-order valence-corrected chi connectivity index (χ1v) is 19.9. The standard InChI is InChI=1S/C35H67NO11S/c1-3-5-7-9-11-13-14-15-17-18-20-22-24-29(38)28(36-31(39)25-23-21-19-16-12-10-8-6-4-2)27-45-35-33(41)34(47-48(42,43)44)32(40)30(26-37)46-35/h16,19,28-30,32-35,37-38,40-41H,3-15,17-18,20-27H2,1-2H3,(H,36,39)(H,42,43,44)/b19-16-. The van der Waals surface area contributed by atoms with Gasteiger partial charge in [-0.3, -0.25) is 9.35 Å². The number of amides is 1. The van der Waals surface area contributed by atoms with E-state index < -0.39 is 59.9 Å². The molecule has 7 unspecified atom stereocenters. The van der Waals surface area contributed by atoms with Crippen molar-refractivity contribution in [3.05, 3.63) is 12.2 Å². The smallest absolute Gasteiger partial charge is 0.394 e. The molecule has 0 aromatic heterocycles. The molecule has 1 amide bonds. The third kappa shape index (κ3) is 21.1. The van der Waals surface area contributed by atoms with Crippen LogP contribution >= 0.6 is 0 Å². The number of carbonyl (C=O) groups is 1. The van der Waals surface area contributed by atoms with E-state index in [1.54, 1.807) is 0 Å². The quantitative estimate of drug-likeness (QED) is 0.0324. The molecule has 0 bridgehead atoms. The van der Waals surface area contributed by atoms with Crippen LogP contribution in [0.3, 0.4) is 0 Å². The lowest BCUT2D eigenvalue weighted by atomic mass is 9.99. The van der Waals surface area contributed by atoms with E-state index in [4.69, 9.17) is 14.0 Å². The molecule has 7 atom stereocenters. The molecule has 0 spiro atoms. The van der Waals surface area contributed by atoms with E-state index in [2.05, 4.69) is 35.5 Å². The Labute approximate surface area is 290 Å². The van der Waals surface area contributed by atoms with Crippen LogP contribution in [0.1, 0.15) is 149 Å². The maximum absolute atomic E-state index is 12.8. The fourth-order valence-corrected chi connectivity index (χ4v) is 6.38. The Morgan fingerprint density at radius 1 is 0.812 bits per heavy atom. The number of aliphatic hydroxyl groups is 4. The highest BCUT2D eigenvalue weighted by Gasteiger charge is 2.48. The largest absolute Gasteiger partial charge is 0.397 e. The van der Waals surface area contributed by atoms with Gasteiger partial charge in [0.15, 0.2) is 6.29 Å². The van der Waals surface area contributed by atoms with Gasteiger partial charge in [0, 0.05) is 6.42 Å². The van der Waals surface area contributed by atoms with Gasteiger partial charge < -0.3 is 35.2 Å². The molecule has 48 heavy (non-hydrogen) atoms. The Kier molecular flexibility index (Phi) is 25.7. The van der Waals surface area contributed by atoms with Gasteiger partial charge in [-0.05, 0) is 32.1 Å².